The number of fused-ring (bicyclic) bond motifs is 4. The SMILES string of the molecule is C[C@@]12COC(c3ccccc3)N1C(=O)c1cc3ccccc3cc12. The van der Waals surface area contributed by atoms with Gasteiger partial charge in [0, 0.05) is 11.1 Å². The first kappa shape index (κ1) is 13.8. The van der Waals surface area contributed by atoms with E-state index in [4.69, 9.17) is 4.74 Å². The van der Waals surface area contributed by atoms with E-state index in [1.807, 2.05) is 53.4 Å². The van der Waals surface area contributed by atoms with Crippen LogP contribution in [0.2, 0.25) is 0 Å². The summed E-state index contributed by atoms with van der Waals surface area (Å²) in [6.07, 6.45) is -0.320. The van der Waals surface area contributed by atoms with Crippen LogP contribution >= 0.6 is 0 Å². The highest BCUT2D eigenvalue weighted by molar-refractivity contribution is 6.04. The molecule has 3 aromatic rings. The van der Waals surface area contributed by atoms with Gasteiger partial charge in [-0.05, 0) is 35.4 Å². The Hall–Kier alpha value is -2.65. The molecule has 3 heteroatoms. The van der Waals surface area contributed by atoms with Crippen LogP contribution in [0.3, 0.4) is 0 Å². The number of amides is 1. The Balaban J connectivity index is 1.69. The molecule has 1 unspecified atom stereocenters. The standard InChI is InChI=1S/C21H17NO2/c1-21-13-24-20(14-7-3-2-4-8-14)22(21)19(23)17-11-15-9-5-6-10-16(15)12-18(17)21/h2-12,20H,13H2,1H3/t20?,21-/m0/s1. The molecular formula is C21H17NO2. The van der Waals surface area contributed by atoms with Crippen molar-refractivity contribution in [3.05, 3.63) is 83.4 Å². The van der Waals surface area contributed by atoms with Crippen LogP contribution < -0.4 is 0 Å². The summed E-state index contributed by atoms with van der Waals surface area (Å²) in [5, 5.41) is 2.27. The van der Waals surface area contributed by atoms with E-state index in [0.29, 0.717) is 6.61 Å². The number of nitrogens with zero attached hydrogens (tertiary/aromatic N) is 1. The summed E-state index contributed by atoms with van der Waals surface area (Å²) in [6.45, 7) is 2.62. The van der Waals surface area contributed by atoms with E-state index < -0.39 is 5.54 Å². The van der Waals surface area contributed by atoms with Gasteiger partial charge >= 0.3 is 0 Å². The summed E-state index contributed by atoms with van der Waals surface area (Å²) in [6, 6.07) is 22.3. The normalized spacial score (nSPS) is 25.1. The minimum Gasteiger partial charge on any atom is -0.351 e. The zero-order valence-electron chi connectivity index (χ0n) is 13.4. The monoisotopic (exact) mass is 315 g/mol. The van der Waals surface area contributed by atoms with Crippen molar-refractivity contribution < 1.29 is 9.53 Å². The number of hydrogen-bond acceptors (Lipinski definition) is 2. The second kappa shape index (κ2) is 4.68. The molecule has 2 heterocycles. The number of benzene rings is 3. The fourth-order valence-electron chi connectivity index (χ4n) is 4.04. The molecule has 0 saturated carbocycles. The quantitative estimate of drug-likeness (QED) is 0.672. The van der Waals surface area contributed by atoms with Crippen molar-refractivity contribution in [3.8, 4) is 0 Å². The first-order valence-electron chi connectivity index (χ1n) is 8.22. The summed E-state index contributed by atoms with van der Waals surface area (Å²) in [7, 11) is 0. The molecule has 2 aliphatic rings. The smallest absolute Gasteiger partial charge is 0.257 e. The third-order valence-electron chi connectivity index (χ3n) is 5.29. The van der Waals surface area contributed by atoms with Crippen molar-refractivity contribution in [1.82, 2.24) is 4.90 Å². The van der Waals surface area contributed by atoms with Gasteiger partial charge in [0.25, 0.3) is 5.91 Å². The van der Waals surface area contributed by atoms with Gasteiger partial charge in [-0.1, -0.05) is 54.6 Å². The highest BCUT2D eigenvalue weighted by atomic mass is 16.5. The van der Waals surface area contributed by atoms with Crippen LogP contribution in [-0.2, 0) is 10.3 Å². The Morgan fingerprint density at radius 1 is 1.00 bits per heavy atom. The molecule has 0 aliphatic carbocycles. The van der Waals surface area contributed by atoms with Crippen molar-refractivity contribution in [3.63, 3.8) is 0 Å². The molecule has 1 amide bonds. The highest BCUT2D eigenvalue weighted by Crippen LogP contribution is 2.50. The third kappa shape index (κ3) is 1.68. The van der Waals surface area contributed by atoms with Crippen LogP contribution in [0.25, 0.3) is 10.8 Å². The van der Waals surface area contributed by atoms with Gasteiger partial charge < -0.3 is 4.74 Å². The first-order chi connectivity index (χ1) is 11.7. The fraction of sp³-hybridized carbons (Fsp3) is 0.190. The Morgan fingerprint density at radius 2 is 1.67 bits per heavy atom. The molecule has 0 radical (unpaired) electrons. The lowest BCUT2D eigenvalue weighted by Gasteiger charge is -2.30. The molecule has 118 valence electrons. The van der Waals surface area contributed by atoms with E-state index in [1.165, 1.54) is 0 Å². The van der Waals surface area contributed by atoms with Gasteiger partial charge in [0.05, 0.1) is 12.1 Å². The van der Waals surface area contributed by atoms with E-state index in [9.17, 15) is 4.79 Å². The second-order valence-corrected chi connectivity index (χ2v) is 6.77. The lowest BCUT2D eigenvalue weighted by atomic mass is 9.90. The van der Waals surface area contributed by atoms with Gasteiger partial charge in [-0.25, -0.2) is 0 Å². The maximum absolute atomic E-state index is 13.2. The zero-order valence-corrected chi connectivity index (χ0v) is 13.4. The molecule has 2 aliphatic heterocycles. The largest absolute Gasteiger partial charge is 0.351 e. The van der Waals surface area contributed by atoms with Crippen molar-refractivity contribution in [1.29, 1.82) is 0 Å². The van der Waals surface area contributed by atoms with Gasteiger partial charge in [-0.3, -0.25) is 9.69 Å². The average molecular weight is 315 g/mol. The van der Waals surface area contributed by atoms with Crippen LogP contribution in [0.15, 0.2) is 66.7 Å². The molecule has 0 N–H and O–H groups in total. The average Bonchev–Trinajstić information content (AvgIpc) is 3.08. The molecule has 1 fully saturated rings. The molecule has 0 aromatic heterocycles. The van der Waals surface area contributed by atoms with E-state index in [0.717, 1.165) is 27.5 Å². The van der Waals surface area contributed by atoms with Crippen molar-refractivity contribution in [2.45, 2.75) is 18.7 Å². The van der Waals surface area contributed by atoms with Crippen LogP contribution in [-0.4, -0.2) is 17.4 Å². The van der Waals surface area contributed by atoms with Crippen LogP contribution in [0, 0.1) is 0 Å². The predicted molar refractivity (Wildman–Crippen MR) is 92.6 cm³/mol. The Morgan fingerprint density at radius 3 is 2.42 bits per heavy atom. The van der Waals surface area contributed by atoms with Gasteiger partial charge in [-0.2, -0.15) is 0 Å². The molecule has 3 aromatic carbocycles. The van der Waals surface area contributed by atoms with Gasteiger partial charge in [-0.15, -0.1) is 0 Å². The van der Waals surface area contributed by atoms with E-state index in [1.54, 1.807) is 0 Å². The lowest BCUT2D eigenvalue weighted by molar-refractivity contribution is 0.0229. The van der Waals surface area contributed by atoms with E-state index in [-0.39, 0.29) is 12.1 Å². The van der Waals surface area contributed by atoms with Crippen LogP contribution in [0.5, 0.6) is 0 Å². The van der Waals surface area contributed by atoms with Gasteiger partial charge in [0.15, 0.2) is 6.23 Å². The number of rotatable bonds is 1. The molecule has 1 saturated heterocycles. The van der Waals surface area contributed by atoms with Crippen molar-refractivity contribution >= 4 is 16.7 Å². The maximum Gasteiger partial charge on any atom is 0.257 e. The van der Waals surface area contributed by atoms with Gasteiger partial charge in [0.2, 0.25) is 0 Å². The van der Waals surface area contributed by atoms with Crippen LogP contribution in [0.1, 0.15) is 34.6 Å². The van der Waals surface area contributed by atoms with Crippen molar-refractivity contribution in [2.75, 3.05) is 6.61 Å². The van der Waals surface area contributed by atoms with Crippen molar-refractivity contribution in [2.24, 2.45) is 0 Å². The molecule has 5 rings (SSSR count). The molecule has 2 atom stereocenters. The second-order valence-electron chi connectivity index (χ2n) is 6.77. The summed E-state index contributed by atoms with van der Waals surface area (Å²) >= 11 is 0. The fourth-order valence-corrected chi connectivity index (χ4v) is 4.04. The molecule has 3 nitrogen and oxygen atoms in total. The minimum absolute atomic E-state index is 0.0598. The lowest BCUT2D eigenvalue weighted by Crippen LogP contribution is -2.38. The highest BCUT2D eigenvalue weighted by Gasteiger charge is 2.54. The summed E-state index contributed by atoms with van der Waals surface area (Å²) < 4.78 is 6.05. The molecule has 0 bridgehead atoms. The van der Waals surface area contributed by atoms with E-state index >= 15 is 0 Å². The summed E-state index contributed by atoms with van der Waals surface area (Å²) in [5.74, 6) is 0.0598. The van der Waals surface area contributed by atoms with E-state index in [2.05, 4.69) is 25.1 Å². The number of carbonyl (C=O) groups excluding carboxylic acids is 1. The Bertz CT molecular complexity index is 966. The maximum atomic E-state index is 13.2. The number of ether oxygens (including phenoxy) is 1. The minimum atomic E-state index is -0.406. The van der Waals surface area contributed by atoms with Crippen LogP contribution in [0.4, 0.5) is 0 Å². The first-order valence-corrected chi connectivity index (χ1v) is 8.22. The number of carbonyl (C=O) groups is 1. The predicted octanol–water partition coefficient (Wildman–Crippen LogP) is 4.24. The Labute approximate surface area is 140 Å². The molecular weight excluding hydrogens is 298 g/mol. The number of hydrogen-bond donors (Lipinski definition) is 0. The zero-order chi connectivity index (χ0) is 16.3. The summed E-state index contributed by atoms with van der Waals surface area (Å²) in [5.41, 5.74) is 2.49. The molecule has 0 spiro atoms. The van der Waals surface area contributed by atoms with Gasteiger partial charge in [0.1, 0.15) is 0 Å². The Kier molecular flexibility index (Phi) is 2.68. The molecule has 24 heavy (non-hydrogen) atoms. The summed E-state index contributed by atoms with van der Waals surface area (Å²) in [4.78, 5) is 15.1. The topological polar surface area (TPSA) is 29.5 Å². The third-order valence-corrected chi connectivity index (χ3v) is 5.29.